The molecular weight excluding hydrogens is 384 g/mol. The van der Waals surface area contributed by atoms with Gasteiger partial charge in [-0.05, 0) is 38.1 Å². The van der Waals surface area contributed by atoms with E-state index in [1.165, 1.54) is 13.8 Å². The van der Waals surface area contributed by atoms with E-state index in [1.54, 1.807) is 0 Å². The van der Waals surface area contributed by atoms with Crippen LogP contribution < -0.4 is 0 Å². The molecule has 0 aliphatic carbocycles. The normalized spacial score (nSPS) is 10.9. The minimum absolute atomic E-state index is 0.00385. The zero-order valence-electron chi connectivity index (χ0n) is 14.8. The number of hydrogen-bond donors (Lipinski definition) is 0. The first kappa shape index (κ1) is 21.0. The molecule has 0 saturated carbocycles. The molecular formula is C18H14F4N2O4. The van der Waals surface area contributed by atoms with Crippen molar-refractivity contribution in [2.75, 3.05) is 13.2 Å². The van der Waals surface area contributed by atoms with E-state index in [4.69, 9.17) is 0 Å². The van der Waals surface area contributed by atoms with Gasteiger partial charge in [0.1, 0.15) is 0 Å². The van der Waals surface area contributed by atoms with E-state index in [-0.39, 0.29) is 13.2 Å². The third-order valence-electron chi connectivity index (χ3n) is 3.31. The van der Waals surface area contributed by atoms with Crippen molar-refractivity contribution in [1.29, 1.82) is 0 Å². The summed E-state index contributed by atoms with van der Waals surface area (Å²) in [5.74, 6) is -7.02. The summed E-state index contributed by atoms with van der Waals surface area (Å²) in [6, 6.07) is 2.63. The topological polar surface area (TPSA) is 77.3 Å². The quantitative estimate of drug-likeness (QED) is 0.389. The first-order valence-corrected chi connectivity index (χ1v) is 8.02. The molecule has 0 aliphatic heterocycles. The third kappa shape index (κ3) is 4.70. The van der Waals surface area contributed by atoms with Gasteiger partial charge in [-0.3, -0.25) is 0 Å². The molecule has 2 aromatic rings. The Labute approximate surface area is 156 Å². The molecule has 148 valence electrons. The molecule has 10 heteroatoms. The number of hydrogen-bond acceptors (Lipinski definition) is 6. The second-order valence-electron chi connectivity index (χ2n) is 5.22. The van der Waals surface area contributed by atoms with Gasteiger partial charge in [-0.25, -0.2) is 27.2 Å². The lowest BCUT2D eigenvalue weighted by Gasteiger charge is -2.05. The van der Waals surface area contributed by atoms with E-state index in [2.05, 4.69) is 19.7 Å². The fourth-order valence-corrected chi connectivity index (χ4v) is 2.09. The SMILES string of the molecule is CCOC(=O)c1cc(F)c(N=Nc2c(F)cc(C(=O)OCC)cc2F)c(F)c1. The summed E-state index contributed by atoms with van der Waals surface area (Å²) in [6.07, 6.45) is 0. The lowest BCUT2D eigenvalue weighted by Crippen LogP contribution is -2.06. The van der Waals surface area contributed by atoms with Crippen LogP contribution in [0.4, 0.5) is 28.9 Å². The number of halogens is 4. The van der Waals surface area contributed by atoms with Gasteiger partial charge in [0, 0.05) is 0 Å². The average Bonchev–Trinajstić information content (AvgIpc) is 2.62. The molecule has 0 unspecified atom stereocenters. The molecule has 0 N–H and O–H groups in total. The van der Waals surface area contributed by atoms with Crippen molar-refractivity contribution in [3.63, 3.8) is 0 Å². The standard InChI is InChI=1S/C18H14F4N2O4/c1-3-27-17(25)9-5-11(19)15(12(20)6-9)23-24-16-13(21)7-10(8-14(16)22)18(26)28-4-2/h5-8H,3-4H2,1-2H3. The van der Waals surface area contributed by atoms with Crippen molar-refractivity contribution in [2.45, 2.75) is 13.8 Å². The molecule has 0 saturated heterocycles. The number of benzene rings is 2. The van der Waals surface area contributed by atoms with E-state index in [9.17, 15) is 27.2 Å². The number of azo groups is 1. The molecule has 28 heavy (non-hydrogen) atoms. The Morgan fingerprint density at radius 1 is 0.714 bits per heavy atom. The van der Waals surface area contributed by atoms with Crippen LogP contribution in [0.1, 0.15) is 34.6 Å². The predicted octanol–water partition coefficient (Wildman–Crippen LogP) is 5.01. The molecule has 0 spiro atoms. The van der Waals surface area contributed by atoms with E-state index in [0.29, 0.717) is 24.3 Å². The molecule has 2 rings (SSSR count). The van der Waals surface area contributed by atoms with Crippen LogP contribution >= 0.6 is 0 Å². The molecule has 0 aliphatic rings. The maximum atomic E-state index is 14.0. The lowest BCUT2D eigenvalue weighted by molar-refractivity contribution is 0.0516. The van der Waals surface area contributed by atoms with Crippen molar-refractivity contribution >= 4 is 23.3 Å². The molecule has 0 aromatic heterocycles. The van der Waals surface area contributed by atoms with Crippen LogP contribution in [-0.4, -0.2) is 25.2 Å². The molecule has 0 amide bonds. The Bertz CT molecular complexity index is 826. The average molecular weight is 398 g/mol. The summed E-state index contributed by atoms with van der Waals surface area (Å²) in [4.78, 5) is 23.0. The molecule has 0 radical (unpaired) electrons. The van der Waals surface area contributed by atoms with Gasteiger partial charge in [0.15, 0.2) is 34.6 Å². The number of esters is 2. The second-order valence-corrected chi connectivity index (χ2v) is 5.22. The van der Waals surface area contributed by atoms with Crippen molar-refractivity contribution in [2.24, 2.45) is 10.2 Å². The van der Waals surface area contributed by atoms with Crippen LogP contribution in [0, 0.1) is 23.3 Å². The van der Waals surface area contributed by atoms with E-state index in [0.717, 1.165) is 0 Å². The smallest absolute Gasteiger partial charge is 0.338 e. The van der Waals surface area contributed by atoms with Gasteiger partial charge in [-0.1, -0.05) is 0 Å². The number of carbonyl (C=O) groups is 2. The third-order valence-corrected chi connectivity index (χ3v) is 3.31. The number of ether oxygens (including phenoxy) is 2. The van der Waals surface area contributed by atoms with Crippen molar-refractivity contribution < 1.29 is 36.6 Å². The minimum Gasteiger partial charge on any atom is -0.462 e. The summed E-state index contributed by atoms with van der Waals surface area (Å²) < 4.78 is 65.3. The van der Waals surface area contributed by atoms with Crippen LogP contribution in [0.25, 0.3) is 0 Å². The fourth-order valence-electron chi connectivity index (χ4n) is 2.09. The minimum atomic E-state index is -1.28. The van der Waals surface area contributed by atoms with E-state index < -0.39 is 57.7 Å². The zero-order valence-corrected chi connectivity index (χ0v) is 14.8. The Hall–Kier alpha value is -3.30. The van der Waals surface area contributed by atoms with Crippen LogP contribution in [-0.2, 0) is 9.47 Å². The van der Waals surface area contributed by atoms with Crippen molar-refractivity contribution in [3.05, 3.63) is 58.7 Å². The highest BCUT2D eigenvalue weighted by Gasteiger charge is 2.18. The van der Waals surface area contributed by atoms with Gasteiger partial charge in [-0.2, -0.15) is 0 Å². The van der Waals surface area contributed by atoms with Crippen LogP contribution in [0.5, 0.6) is 0 Å². The van der Waals surface area contributed by atoms with Gasteiger partial charge < -0.3 is 9.47 Å². The van der Waals surface area contributed by atoms with E-state index >= 15 is 0 Å². The Morgan fingerprint density at radius 2 is 1.00 bits per heavy atom. The Balaban J connectivity index is 2.36. The summed E-state index contributed by atoms with van der Waals surface area (Å²) in [7, 11) is 0. The van der Waals surface area contributed by atoms with Crippen LogP contribution in [0.15, 0.2) is 34.5 Å². The van der Waals surface area contributed by atoms with Gasteiger partial charge in [0.2, 0.25) is 0 Å². The molecule has 0 atom stereocenters. The predicted molar refractivity (Wildman–Crippen MR) is 88.8 cm³/mol. The first-order valence-electron chi connectivity index (χ1n) is 8.02. The van der Waals surface area contributed by atoms with E-state index in [1.807, 2.05) is 0 Å². The first-order chi connectivity index (χ1) is 13.3. The summed E-state index contributed by atoms with van der Waals surface area (Å²) in [6.45, 7) is 3.04. The molecule has 0 heterocycles. The Kier molecular flexibility index (Phi) is 6.80. The molecule has 6 nitrogen and oxygen atoms in total. The van der Waals surface area contributed by atoms with Gasteiger partial charge in [0.25, 0.3) is 0 Å². The number of nitrogens with zero attached hydrogens (tertiary/aromatic N) is 2. The van der Waals surface area contributed by atoms with Gasteiger partial charge in [0.05, 0.1) is 24.3 Å². The zero-order chi connectivity index (χ0) is 20.8. The van der Waals surface area contributed by atoms with Crippen LogP contribution in [0.2, 0.25) is 0 Å². The maximum absolute atomic E-state index is 14.0. The monoisotopic (exact) mass is 398 g/mol. The summed E-state index contributed by atoms with van der Waals surface area (Å²) in [5, 5.41) is 6.36. The number of rotatable bonds is 6. The molecule has 0 bridgehead atoms. The fraction of sp³-hybridized carbons (Fsp3) is 0.222. The van der Waals surface area contributed by atoms with Gasteiger partial charge in [-0.15, -0.1) is 10.2 Å². The van der Waals surface area contributed by atoms with Crippen LogP contribution in [0.3, 0.4) is 0 Å². The van der Waals surface area contributed by atoms with Gasteiger partial charge >= 0.3 is 11.9 Å². The summed E-state index contributed by atoms with van der Waals surface area (Å²) in [5.41, 5.74) is -2.71. The second kappa shape index (κ2) is 9.07. The van der Waals surface area contributed by atoms with Crippen molar-refractivity contribution in [3.8, 4) is 0 Å². The maximum Gasteiger partial charge on any atom is 0.338 e. The number of carbonyl (C=O) groups excluding carboxylic acids is 2. The lowest BCUT2D eigenvalue weighted by atomic mass is 10.2. The highest BCUT2D eigenvalue weighted by molar-refractivity contribution is 5.90. The molecule has 2 aromatic carbocycles. The highest BCUT2D eigenvalue weighted by atomic mass is 19.1. The highest BCUT2D eigenvalue weighted by Crippen LogP contribution is 2.29. The largest absolute Gasteiger partial charge is 0.462 e. The summed E-state index contributed by atoms with van der Waals surface area (Å²) >= 11 is 0. The Morgan fingerprint density at radius 3 is 1.25 bits per heavy atom. The van der Waals surface area contributed by atoms with Crippen molar-refractivity contribution in [1.82, 2.24) is 0 Å². The molecule has 0 fully saturated rings.